The highest BCUT2D eigenvalue weighted by Crippen LogP contribution is 2.25. The van der Waals surface area contributed by atoms with Gasteiger partial charge in [0.15, 0.2) is 0 Å². The smallest absolute Gasteiger partial charge is 0.146 e. The topological polar surface area (TPSA) is 32.3 Å². The molecule has 2 nitrogen and oxygen atoms in total. The molecule has 100 valence electrons. The van der Waals surface area contributed by atoms with Gasteiger partial charge in [-0.1, -0.05) is 40.2 Å². The number of aliphatic hydroxyl groups excluding tert-OH is 1. The lowest BCUT2D eigenvalue weighted by Gasteiger charge is -2.19. The third kappa shape index (κ3) is 3.33. The van der Waals surface area contributed by atoms with Gasteiger partial charge in [0.1, 0.15) is 5.82 Å². The van der Waals surface area contributed by atoms with E-state index in [1.165, 1.54) is 6.07 Å². The van der Waals surface area contributed by atoms with Gasteiger partial charge in [-0.2, -0.15) is 0 Å². The minimum Gasteiger partial charge on any atom is -0.394 e. The molecular weight excluding hydrogens is 309 g/mol. The first-order chi connectivity index (χ1) is 9.11. The van der Waals surface area contributed by atoms with Crippen LogP contribution in [0.4, 0.5) is 10.1 Å². The highest BCUT2D eigenvalue weighted by atomic mass is 79.9. The van der Waals surface area contributed by atoms with Crippen LogP contribution in [0.3, 0.4) is 0 Å². The van der Waals surface area contributed by atoms with E-state index in [1.807, 2.05) is 25.1 Å². The molecule has 1 unspecified atom stereocenters. The molecule has 0 fully saturated rings. The van der Waals surface area contributed by atoms with Crippen LogP contribution in [-0.4, -0.2) is 11.7 Å². The number of hydrogen-bond acceptors (Lipinski definition) is 2. The summed E-state index contributed by atoms with van der Waals surface area (Å²) in [5.41, 5.74) is 2.41. The van der Waals surface area contributed by atoms with Crippen LogP contribution in [0.25, 0.3) is 0 Å². The second-order valence-electron chi connectivity index (χ2n) is 4.37. The van der Waals surface area contributed by atoms with Gasteiger partial charge < -0.3 is 10.4 Å². The van der Waals surface area contributed by atoms with E-state index in [-0.39, 0.29) is 18.5 Å². The second-order valence-corrected chi connectivity index (χ2v) is 5.22. The molecule has 1 atom stereocenters. The van der Waals surface area contributed by atoms with Gasteiger partial charge in [-0.3, -0.25) is 0 Å². The molecule has 0 amide bonds. The van der Waals surface area contributed by atoms with Crippen LogP contribution in [-0.2, 0) is 0 Å². The Bertz CT molecular complexity index is 574. The molecule has 4 heteroatoms. The van der Waals surface area contributed by atoms with Crippen LogP contribution in [0.2, 0.25) is 0 Å². The van der Waals surface area contributed by atoms with Crippen molar-refractivity contribution in [1.82, 2.24) is 0 Å². The summed E-state index contributed by atoms with van der Waals surface area (Å²) in [6, 6.07) is 11.9. The summed E-state index contributed by atoms with van der Waals surface area (Å²) in [7, 11) is 0. The molecule has 19 heavy (non-hydrogen) atoms. The second kappa shape index (κ2) is 6.17. The Labute approximate surface area is 120 Å². The van der Waals surface area contributed by atoms with Gasteiger partial charge >= 0.3 is 0 Å². The van der Waals surface area contributed by atoms with Crippen LogP contribution < -0.4 is 5.32 Å². The van der Waals surface area contributed by atoms with Crippen molar-refractivity contribution < 1.29 is 9.50 Å². The number of aliphatic hydroxyl groups is 1. The van der Waals surface area contributed by atoms with Crippen LogP contribution in [0, 0.1) is 12.7 Å². The third-order valence-corrected chi connectivity index (χ3v) is 3.84. The molecule has 0 aliphatic heterocycles. The fourth-order valence-corrected chi connectivity index (χ4v) is 2.22. The molecule has 0 aromatic heterocycles. The molecule has 0 aliphatic carbocycles. The monoisotopic (exact) mass is 323 g/mol. The van der Waals surface area contributed by atoms with Crippen molar-refractivity contribution in [3.63, 3.8) is 0 Å². The van der Waals surface area contributed by atoms with Crippen molar-refractivity contribution in [2.45, 2.75) is 13.0 Å². The number of halogens is 2. The average Bonchev–Trinajstić information content (AvgIpc) is 2.41. The molecule has 0 radical (unpaired) electrons. The number of para-hydroxylation sites is 1. The molecular formula is C15H15BrFNO. The standard InChI is InChI=1S/C15H15BrFNO/c1-10-6-7-11(8-12(10)16)15(9-19)18-14-5-3-2-4-13(14)17/h2-8,15,18-19H,9H2,1H3. The van der Waals surface area contributed by atoms with E-state index in [0.29, 0.717) is 5.69 Å². The van der Waals surface area contributed by atoms with Crippen LogP contribution in [0.15, 0.2) is 46.9 Å². The Morgan fingerprint density at radius 1 is 1.26 bits per heavy atom. The fraction of sp³-hybridized carbons (Fsp3) is 0.200. The quantitative estimate of drug-likeness (QED) is 0.889. The van der Waals surface area contributed by atoms with Gasteiger partial charge in [0.05, 0.1) is 18.3 Å². The lowest BCUT2D eigenvalue weighted by Crippen LogP contribution is -2.15. The maximum atomic E-state index is 13.6. The molecule has 2 rings (SSSR count). The van der Waals surface area contributed by atoms with E-state index in [4.69, 9.17) is 0 Å². The molecule has 2 aromatic carbocycles. The maximum absolute atomic E-state index is 13.6. The van der Waals surface area contributed by atoms with Crippen LogP contribution in [0.1, 0.15) is 17.2 Å². The molecule has 0 saturated carbocycles. The molecule has 0 aliphatic rings. The first kappa shape index (κ1) is 14.0. The lowest BCUT2D eigenvalue weighted by molar-refractivity contribution is 0.276. The maximum Gasteiger partial charge on any atom is 0.146 e. The van der Waals surface area contributed by atoms with E-state index in [0.717, 1.165) is 15.6 Å². The van der Waals surface area contributed by atoms with Crippen LogP contribution in [0.5, 0.6) is 0 Å². The van der Waals surface area contributed by atoms with E-state index in [2.05, 4.69) is 21.2 Å². The summed E-state index contributed by atoms with van der Waals surface area (Å²) >= 11 is 3.46. The first-order valence-corrected chi connectivity index (χ1v) is 6.79. The van der Waals surface area contributed by atoms with Crippen molar-refractivity contribution in [1.29, 1.82) is 0 Å². The van der Waals surface area contributed by atoms with E-state index in [9.17, 15) is 9.50 Å². The SMILES string of the molecule is Cc1ccc(C(CO)Nc2ccccc2F)cc1Br. The number of hydrogen-bond donors (Lipinski definition) is 2. The fourth-order valence-electron chi connectivity index (χ4n) is 1.83. The Kier molecular flexibility index (Phi) is 4.56. The largest absolute Gasteiger partial charge is 0.394 e. The number of benzene rings is 2. The minimum absolute atomic E-state index is 0.107. The predicted molar refractivity (Wildman–Crippen MR) is 78.7 cm³/mol. The zero-order valence-corrected chi connectivity index (χ0v) is 12.1. The van der Waals surface area contributed by atoms with E-state index >= 15 is 0 Å². The molecule has 0 spiro atoms. The highest BCUT2D eigenvalue weighted by molar-refractivity contribution is 9.10. The normalized spacial score (nSPS) is 12.2. The summed E-state index contributed by atoms with van der Waals surface area (Å²) in [4.78, 5) is 0. The van der Waals surface area contributed by atoms with Gasteiger partial charge in [-0.15, -0.1) is 0 Å². The molecule has 0 saturated heterocycles. The zero-order valence-electron chi connectivity index (χ0n) is 10.5. The number of nitrogens with one attached hydrogen (secondary N) is 1. The summed E-state index contributed by atoms with van der Waals surface area (Å²) in [5, 5.41) is 12.5. The Morgan fingerprint density at radius 3 is 2.63 bits per heavy atom. The minimum atomic E-state index is -0.339. The predicted octanol–water partition coefficient (Wildman–Crippen LogP) is 4.04. The molecule has 2 aromatic rings. The number of rotatable bonds is 4. The van der Waals surface area contributed by atoms with Crippen LogP contribution >= 0.6 is 15.9 Å². The van der Waals surface area contributed by atoms with Gasteiger partial charge in [-0.25, -0.2) is 4.39 Å². The molecule has 0 bridgehead atoms. The van der Waals surface area contributed by atoms with Crippen molar-refractivity contribution in [2.24, 2.45) is 0 Å². The van der Waals surface area contributed by atoms with E-state index < -0.39 is 0 Å². The van der Waals surface area contributed by atoms with Crippen molar-refractivity contribution in [2.75, 3.05) is 11.9 Å². The zero-order chi connectivity index (χ0) is 13.8. The van der Waals surface area contributed by atoms with Gasteiger partial charge in [-0.05, 0) is 36.2 Å². The Hall–Kier alpha value is -1.39. The van der Waals surface area contributed by atoms with Gasteiger partial charge in [0, 0.05) is 4.47 Å². The molecule has 2 N–H and O–H groups in total. The molecule has 0 heterocycles. The van der Waals surface area contributed by atoms with Gasteiger partial charge in [0.2, 0.25) is 0 Å². The van der Waals surface area contributed by atoms with Crippen molar-refractivity contribution in [3.8, 4) is 0 Å². The average molecular weight is 324 g/mol. The first-order valence-electron chi connectivity index (χ1n) is 6.00. The van der Waals surface area contributed by atoms with E-state index in [1.54, 1.807) is 18.2 Å². The summed E-state index contributed by atoms with van der Waals surface area (Å²) in [6.07, 6.45) is 0. The van der Waals surface area contributed by atoms with Crippen molar-refractivity contribution >= 4 is 21.6 Å². The number of aryl methyl sites for hydroxylation is 1. The highest BCUT2D eigenvalue weighted by Gasteiger charge is 2.13. The number of anilines is 1. The summed E-state index contributed by atoms with van der Waals surface area (Å²) in [6.45, 7) is 1.88. The summed E-state index contributed by atoms with van der Waals surface area (Å²) in [5.74, 6) is -0.327. The van der Waals surface area contributed by atoms with Gasteiger partial charge in [0.25, 0.3) is 0 Å². The Balaban J connectivity index is 2.25. The Morgan fingerprint density at radius 2 is 2.00 bits per heavy atom. The third-order valence-electron chi connectivity index (χ3n) is 2.98. The lowest BCUT2D eigenvalue weighted by atomic mass is 10.1. The van der Waals surface area contributed by atoms with Crippen molar-refractivity contribution in [3.05, 3.63) is 63.9 Å². The summed E-state index contributed by atoms with van der Waals surface area (Å²) < 4.78 is 14.6.